The minimum atomic E-state index is -0.379. The molecule has 0 radical (unpaired) electrons. The molecule has 0 spiro atoms. The van der Waals surface area contributed by atoms with Gasteiger partial charge in [0.15, 0.2) is 0 Å². The monoisotopic (exact) mass is 157 g/mol. The topological polar surface area (TPSA) is 23.9 Å². The van der Waals surface area contributed by atoms with Gasteiger partial charge in [-0.2, -0.15) is 0 Å². The molecular formula is C7H5ClFN. The van der Waals surface area contributed by atoms with Crippen molar-refractivity contribution in [3.8, 4) is 0 Å². The summed E-state index contributed by atoms with van der Waals surface area (Å²) < 4.78 is 12.3. The lowest BCUT2D eigenvalue weighted by atomic mass is 10.2. The summed E-state index contributed by atoms with van der Waals surface area (Å²) in [4.78, 5) is 0. The van der Waals surface area contributed by atoms with Crippen molar-refractivity contribution < 1.29 is 4.39 Å². The van der Waals surface area contributed by atoms with E-state index in [-0.39, 0.29) is 10.8 Å². The van der Waals surface area contributed by atoms with Crippen molar-refractivity contribution in [1.82, 2.24) is 0 Å². The van der Waals surface area contributed by atoms with Crippen LogP contribution in [0, 0.1) is 11.2 Å². The molecule has 0 atom stereocenters. The van der Waals surface area contributed by atoms with E-state index in [9.17, 15) is 4.39 Å². The van der Waals surface area contributed by atoms with Crippen molar-refractivity contribution in [2.75, 3.05) is 0 Å². The summed E-state index contributed by atoms with van der Waals surface area (Å²) >= 11 is 5.54. The van der Waals surface area contributed by atoms with E-state index in [2.05, 4.69) is 0 Å². The van der Waals surface area contributed by atoms with Crippen molar-refractivity contribution in [3.63, 3.8) is 0 Å². The second kappa shape index (κ2) is 2.80. The lowest BCUT2D eigenvalue weighted by Gasteiger charge is -1.94. The van der Waals surface area contributed by atoms with Gasteiger partial charge < -0.3 is 5.41 Å². The zero-order valence-electron chi connectivity index (χ0n) is 5.07. The molecule has 0 heterocycles. The zero-order chi connectivity index (χ0) is 7.56. The molecule has 0 unspecified atom stereocenters. The normalized spacial score (nSPS) is 9.40. The first-order valence-corrected chi connectivity index (χ1v) is 3.07. The summed E-state index contributed by atoms with van der Waals surface area (Å²) in [6.45, 7) is 0. The van der Waals surface area contributed by atoms with E-state index in [4.69, 9.17) is 17.0 Å². The van der Waals surface area contributed by atoms with Crippen LogP contribution in [0.2, 0.25) is 5.02 Å². The van der Waals surface area contributed by atoms with E-state index in [1.165, 1.54) is 18.2 Å². The number of hydrogen-bond acceptors (Lipinski definition) is 1. The Morgan fingerprint density at radius 3 is 2.70 bits per heavy atom. The summed E-state index contributed by atoms with van der Waals surface area (Å²) in [5.74, 6) is -0.379. The highest BCUT2D eigenvalue weighted by molar-refractivity contribution is 6.33. The molecule has 3 heteroatoms. The molecule has 0 aliphatic heterocycles. The van der Waals surface area contributed by atoms with Crippen LogP contribution in [0.3, 0.4) is 0 Å². The molecule has 0 fully saturated rings. The van der Waals surface area contributed by atoms with E-state index < -0.39 is 0 Å². The number of hydrogen-bond donors (Lipinski definition) is 1. The Kier molecular flexibility index (Phi) is 2.02. The third kappa shape index (κ3) is 1.33. The molecule has 52 valence electrons. The van der Waals surface area contributed by atoms with Gasteiger partial charge in [-0.15, -0.1) is 0 Å². The smallest absolute Gasteiger partial charge is 0.124 e. The molecule has 1 aromatic carbocycles. The first-order chi connectivity index (χ1) is 4.74. The maximum atomic E-state index is 12.3. The molecule has 0 aliphatic rings. The summed E-state index contributed by atoms with van der Waals surface area (Å²) in [6, 6.07) is 3.92. The Hall–Kier alpha value is -0.890. The molecule has 10 heavy (non-hydrogen) atoms. The zero-order valence-corrected chi connectivity index (χ0v) is 5.82. The van der Waals surface area contributed by atoms with Crippen molar-refractivity contribution >= 4 is 17.8 Å². The van der Waals surface area contributed by atoms with Crippen molar-refractivity contribution in [2.24, 2.45) is 0 Å². The molecule has 0 amide bonds. The minimum Gasteiger partial charge on any atom is -0.308 e. The van der Waals surface area contributed by atoms with Crippen LogP contribution in [0.4, 0.5) is 4.39 Å². The predicted molar refractivity (Wildman–Crippen MR) is 39.3 cm³/mol. The molecule has 0 aromatic heterocycles. The van der Waals surface area contributed by atoms with E-state index >= 15 is 0 Å². The van der Waals surface area contributed by atoms with Crippen molar-refractivity contribution in [3.05, 3.63) is 34.6 Å². The molecule has 1 nitrogen and oxygen atoms in total. The van der Waals surface area contributed by atoms with Gasteiger partial charge in [0.1, 0.15) is 5.82 Å². The summed E-state index contributed by atoms with van der Waals surface area (Å²) in [5, 5.41) is 7.10. The van der Waals surface area contributed by atoms with E-state index in [1.807, 2.05) is 0 Å². The highest BCUT2D eigenvalue weighted by Crippen LogP contribution is 2.14. The van der Waals surface area contributed by atoms with Crippen LogP contribution >= 0.6 is 11.6 Å². The van der Waals surface area contributed by atoms with Gasteiger partial charge in [-0.1, -0.05) is 11.6 Å². The molecule has 0 saturated carbocycles. The molecule has 1 N–H and O–H groups in total. The molecule has 0 saturated heterocycles. The van der Waals surface area contributed by atoms with Gasteiger partial charge in [-0.3, -0.25) is 0 Å². The van der Waals surface area contributed by atoms with Gasteiger partial charge >= 0.3 is 0 Å². The first-order valence-electron chi connectivity index (χ1n) is 2.69. The van der Waals surface area contributed by atoms with Crippen molar-refractivity contribution in [1.29, 1.82) is 5.41 Å². The molecular weight excluding hydrogens is 153 g/mol. The van der Waals surface area contributed by atoms with Gasteiger partial charge in [0.2, 0.25) is 0 Å². The Labute approximate surface area is 63.0 Å². The average molecular weight is 158 g/mol. The fourth-order valence-corrected chi connectivity index (χ4v) is 0.840. The van der Waals surface area contributed by atoms with E-state index in [0.29, 0.717) is 5.56 Å². The Bertz CT molecular complexity index is 260. The second-order valence-electron chi connectivity index (χ2n) is 1.81. The van der Waals surface area contributed by atoms with Gasteiger partial charge in [-0.25, -0.2) is 4.39 Å². The standard InChI is InChI=1S/C7H5ClFN/c8-7-3-6(9)2-1-5(7)4-10/h1-4,10H. The van der Waals surface area contributed by atoms with E-state index in [0.717, 1.165) is 6.21 Å². The Balaban J connectivity index is 3.19. The largest absolute Gasteiger partial charge is 0.308 e. The maximum absolute atomic E-state index is 12.3. The van der Waals surface area contributed by atoms with Crippen LogP contribution in [0.5, 0.6) is 0 Å². The van der Waals surface area contributed by atoms with Crippen LogP contribution in [0.25, 0.3) is 0 Å². The van der Waals surface area contributed by atoms with Crippen LogP contribution in [0.1, 0.15) is 5.56 Å². The molecule has 0 bridgehead atoms. The Morgan fingerprint density at radius 1 is 1.50 bits per heavy atom. The fourth-order valence-electron chi connectivity index (χ4n) is 0.619. The van der Waals surface area contributed by atoms with E-state index in [1.54, 1.807) is 0 Å². The third-order valence-electron chi connectivity index (χ3n) is 1.12. The van der Waals surface area contributed by atoms with Gasteiger partial charge in [-0.05, 0) is 18.2 Å². The Morgan fingerprint density at radius 2 is 2.20 bits per heavy atom. The SMILES string of the molecule is N=Cc1ccc(F)cc1Cl. The third-order valence-corrected chi connectivity index (χ3v) is 1.45. The number of rotatable bonds is 1. The average Bonchev–Trinajstić information content (AvgIpc) is 1.88. The van der Waals surface area contributed by atoms with Crippen LogP contribution < -0.4 is 0 Å². The number of halogens is 2. The maximum Gasteiger partial charge on any atom is 0.124 e. The fraction of sp³-hybridized carbons (Fsp3) is 0. The number of benzene rings is 1. The quantitative estimate of drug-likeness (QED) is 0.606. The van der Waals surface area contributed by atoms with Gasteiger partial charge in [0.25, 0.3) is 0 Å². The summed E-state index contributed by atoms with van der Waals surface area (Å²) in [6.07, 6.45) is 1.09. The van der Waals surface area contributed by atoms with Crippen LogP contribution in [-0.2, 0) is 0 Å². The number of nitrogens with one attached hydrogen (secondary N) is 1. The van der Waals surface area contributed by atoms with Crippen molar-refractivity contribution in [2.45, 2.75) is 0 Å². The summed E-state index contributed by atoms with van der Waals surface area (Å²) in [7, 11) is 0. The highest BCUT2D eigenvalue weighted by Gasteiger charge is 1.96. The lowest BCUT2D eigenvalue weighted by molar-refractivity contribution is 0.628. The predicted octanol–water partition coefficient (Wildman–Crippen LogP) is 2.48. The molecule has 0 aliphatic carbocycles. The van der Waals surface area contributed by atoms with Gasteiger partial charge in [0.05, 0.1) is 5.02 Å². The van der Waals surface area contributed by atoms with Crippen LogP contribution in [-0.4, -0.2) is 6.21 Å². The lowest BCUT2D eigenvalue weighted by Crippen LogP contribution is -1.82. The highest BCUT2D eigenvalue weighted by atomic mass is 35.5. The van der Waals surface area contributed by atoms with Crippen LogP contribution in [0.15, 0.2) is 18.2 Å². The molecule has 1 aromatic rings. The second-order valence-corrected chi connectivity index (χ2v) is 2.22. The minimum absolute atomic E-state index is 0.273. The molecule has 1 rings (SSSR count). The summed E-state index contributed by atoms with van der Waals surface area (Å²) in [5.41, 5.74) is 0.531. The van der Waals surface area contributed by atoms with Gasteiger partial charge in [0, 0.05) is 11.8 Å². The first kappa shape index (κ1) is 7.22.